The van der Waals surface area contributed by atoms with Gasteiger partial charge in [-0.25, -0.2) is 9.97 Å². The van der Waals surface area contributed by atoms with E-state index < -0.39 is 0 Å². The van der Waals surface area contributed by atoms with Crippen molar-refractivity contribution in [2.45, 2.75) is 12.8 Å². The van der Waals surface area contributed by atoms with Gasteiger partial charge in [-0.2, -0.15) is 0 Å². The fraction of sp³-hybridized carbons (Fsp3) is 0.0732. The van der Waals surface area contributed by atoms with E-state index in [1.165, 1.54) is 43.5 Å². The van der Waals surface area contributed by atoms with Gasteiger partial charge in [-0.05, 0) is 46.5 Å². The number of para-hydroxylation sites is 3. The first kappa shape index (κ1) is 25.0. The Kier molecular flexibility index (Phi) is 5.54. The van der Waals surface area contributed by atoms with Crippen molar-refractivity contribution in [3.63, 3.8) is 0 Å². The minimum absolute atomic E-state index is 0.132. The molecule has 0 bridgehead atoms. The summed E-state index contributed by atoms with van der Waals surface area (Å²) in [6, 6.07) is 45.2. The summed E-state index contributed by atoms with van der Waals surface area (Å²) >= 11 is 0. The zero-order valence-corrected chi connectivity index (χ0v) is 24.4. The van der Waals surface area contributed by atoms with Crippen LogP contribution in [0.25, 0.3) is 65.6 Å². The fourth-order valence-electron chi connectivity index (χ4n) is 7.15. The van der Waals surface area contributed by atoms with Crippen LogP contribution in [0, 0.1) is 5.92 Å². The van der Waals surface area contributed by atoms with Gasteiger partial charge in [0.15, 0.2) is 0 Å². The maximum Gasteiger partial charge on any atom is 0.122 e. The lowest BCUT2D eigenvalue weighted by Gasteiger charge is -2.25. The van der Waals surface area contributed by atoms with Gasteiger partial charge >= 0.3 is 0 Å². The van der Waals surface area contributed by atoms with Crippen LogP contribution >= 0.6 is 0 Å². The molecule has 0 saturated heterocycles. The number of fused-ring (bicyclic) bond motifs is 7. The second kappa shape index (κ2) is 9.75. The van der Waals surface area contributed by atoms with Crippen LogP contribution in [0.3, 0.4) is 0 Å². The van der Waals surface area contributed by atoms with E-state index in [1.54, 1.807) is 0 Å². The van der Waals surface area contributed by atoms with Gasteiger partial charge in [-0.3, -0.25) is 4.57 Å². The highest BCUT2D eigenvalue weighted by Crippen LogP contribution is 2.42. The summed E-state index contributed by atoms with van der Waals surface area (Å²) in [6.07, 6.45) is 7.12. The lowest BCUT2D eigenvalue weighted by atomic mass is 9.82. The van der Waals surface area contributed by atoms with Crippen LogP contribution in [-0.2, 0) is 0 Å². The molecule has 0 saturated carbocycles. The molecule has 2 aromatic heterocycles. The van der Waals surface area contributed by atoms with Gasteiger partial charge in [-0.1, -0.05) is 128 Å². The largest absolute Gasteiger partial charge is 0.296 e. The number of hydrogen-bond donors (Lipinski definition) is 0. The molecular formula is C41H29N3. The van der Waals surface area contributed by atoms with E-state index in [9.17, 15) is 0 Å². The van der Waals surface area contributed by atoms with Gasteiger partial charge in [-0.15, -0.1) is 0 Å². The number of rotatable bonds is 3. The molecular weight excluding hydrogens is 534 g/mol. The highest BCUT2D eigenvalue weighted by atomic mass is 15.1. The quantitative estimate of drug-likeness (QED) is 0.158. The maximum atomic E-state index is 5.38. The normalized spacial score (nSPS) is 16.8. The van der Waals surface area contributed by atoms with E-state index in [1.807, 2.05) is 0 Å². The Labute approximate surface area is 255 Å². The van der Waals surface area contributed by atoms with Crippen LogP contribution in [0.5, 0.6) is 0 Å². The third-order valence-electron chi connectivity index (χ3n) is 9.24. The van der Waals surface area contributed by atoms with Gasteiger partial charge in [0.05, 0.1) is 22.1 Å². The Morgan fingerprint density at radius 3 is 1.86 bits per heavy atom. The molecule has 0 amide bonds. The molecule has 2 heterocycles. The lowest BCUT2D eigenvalue weighted by Crippen LogP contribution is -2.14. The molecule has 2 unspecified atom stereocenters. The van der Waals surface area contributed by atoms with Crippen LogP contribution in [-0.4, -0.2) is 14.5 Å². The Morgan fingerprint density at radius 1 is 0.568 bits per heavy atom. The molecule has 0 aliphatic heterocycles. The molecule has 208 valence electrons. The van der Waals surface area contributed by atoms with Crippen molar-refractivity contribution in [1.82, 2.24) is 14.5 Å². The topological polar surface area (TPSA) is 30.7 Å². The van der Waals surface area contributed by atoms with Gasteiger partial charge in [0.25, 0.3) is 0 Å². The third kappa shape index (κ3) is 3.76. The summed E-state index contributed by atoms with van der Waals surface area (Å²) in [6.45, 7) is 2.32. The maximum absolute atomic E-state index is 5.38. The molecule has 3 nitrogen and oxygen atoms in total. The highest BCUT2D eigenvalue weighted by Gasteiger charge is 2.27. The van der Waals surface area contributed by atoms with Gasteiger partial charge in [0, 0.05) is 38.7 Å². The Morgan fingerprint density at radius 2 is 1.18 bits per heavy atom. The molecule has 44 heavy (non-hydrogen) atoms. The molecule has 8 aromatic rings. The van der Waals surface area contributed by atoms with Crippen molar-refractivity contribution in [3.8, 4) is 5.69 Å². The first-order valence-corrected chi connectivity index (χ1v) is 15.3. The van der Waals surface area contributed by atoms with Crippen molar-refractivity contribution in [1.29, 1.82) is 0 Å². The minimum Gasteiger partial charge on any atom is -0.296 e. The lowest BCUT2D eigenvalue weighted by molar-refractivity contribution is 0.599. The predicted octanol–water partition coefficient (Wildman–Crippen LogP) is 10.4. The fourth-order valence-corrected chi connectivity index (χ4v) is 7.15. The van der Waals surface area contributed by atoms with Gasteiger partial charge in [0.1, 0.15) is 5.82 Å². The van der Waals surface area contributed by atoms with E-state index in [4.69, 9.17) is 9.97 Å². The number of imidazole rings is 1. The van der Waals surface area contributed by atoms with E-state index >= 15 is 0 Å². The van der Waals surface area contributed by atoms with Crippen LogP contribution in [0.2, 0.25) is 0 Å². The molecule has 1 aliphatic carbocycles. The van der Waals surface area contributed by atoms with E-state index in [0.29, 0.717) is 0 Å². The molecule has 6 aromatic carbocycles. The van der Waals surface area contributed by atoms with Crippen LogP contribution in [0.4, 0.5) is 0 Å². The van der Waals surface area contributed by atoms with Crippen molar-refractivity contribution < 1.29 is 0 Å². The summed E-state index contributed by atoms with van der Waals surface area (Å²) in [4.78, 5) is 10.6. The second-order valence-corrected chi connectivity index (χ2v) is 11.8. The molecule has 0 radical (unpaired) electrons. The summed E-state index contributed by atoms with van der Waals surface area (Å²) < 4.78 is 2.33. The molecule has 0 N–H and O–H groups in total. The number of aromatic nitrogens is 3. The summed E-state index contributed by atoms with van der Waals surface area (Å²) in [5, 5.41) is 7.15. The van der Waals surface area contributed by atoms with Gasteiger partial charge in [0.2, 0.25) is 0 Å². The van der Waals surface area contributed by atoms with Crippen molar-refractivity contribution in [2.24, 2.45) is 5.92 Å². The highest BCUT2D eigenvalue weighted by molar-refractivity contribution is 6.19. The molecule has 0 spiro atoms. The molecule has 3 heteroatoms. The summed E-state index contributed by atoms with van der Waals surface area (Å²) in [5.74, 6) is 1.43. The van der Waals surface area contributed by atoms with Crippen LogP contribution in [0.15, 0.2) is 146 Å². The number of nitrogens with zero attached hydrogens (tertiary/aromatic N) is 3. The van der Waals surface area contributed by atoms with Gasteiger partial charge < -0.3 is 0 Å². The van der Waals surface area contributed by atoms with Crippen LogP contribution < -0.4 is 0 Å². The SMILES string of the molecule is CC1C=C(c2c3ccc4ccccc4c3nc3c2ccc2ccccc23)C=CC1c1nc2ccccc2n1-c1ccccc1. The van der Waals surface area contributed by atoms with Crippen molar-refractivity contribution in [3.05, 3.63) is 157 Å². The summed E-state index contributed by atoms with van der Waals surface area (Å²) in [7, 11) is 0. The summed E-state index contributed by atoms with van der Waals surface area (Å²) in [5.41, 5.74) is 7.88. The van der Waals surface area contributed by atoms with Crippen molar-refractivity contribution in [2.75, 3.05) is 0 Å². The third-order valence-corrected chi connectivity index (χ3v) is 9.24. The average Bonchev–Trinajstić information content (AvgIpc) is 3.47. The first-order chi connectivity index (χ1) is 21.7. The number of benzene rings is 6. The molecule has 9 rings (SSSR count). The number of pyridine rings is 1. The molecule has 2 atom stereocenters. The second-order valence-electron chi connectivity index (χ2n) is 11.8. The Bertz CT molecular complexity index is 2370. The monoisotopic (exact) mass is 563 g/mol. The Balaban J connectivity index is 1.26. The van der Waals surface area contributed by atoms with E-state index in [0.717, 1.165) is 33.6 Å². The molecule has 1 aliphatic rings. The van der Waals surface area contributed by atoms with E-state index in [-0.39, 0.29) is 11.8 Å². The number of allylic oxidation sites excluding steroid dienone is 4. The van der Waals surface area contributed by atoms with Crippen molar-refractivity contribution >= 4 is 60.0 Å². The standard InChI is InChI=1S/C41H29N3/c1-26-25-29(21-22-31(26)41-42-36-17-9-10-18-37(36)44(41)30-13-3-2-4-14-30)38-34-23-19-27-11-5-7-15-32(27)39(34)43-40-33-16-8-6-12-28(33)20-24-35(38)40/h2-26,31H,1H3. The first-order valence-electron chi connectivity index (χ1n) is 15.3. The predicted molar refractivity (Wildman–Crippen MR) is 184 cm³/mol. The molecule has 0 fully saturated rings. The minimum atomic E-state index is 0.132. The average molecular weight is 564 g/mol. The zero-order valence-electron chi connectivity index (χ0n) is 24.4. The smallest absolute Gasteiger partial charge is 0.122 e. The Hall–Kier alpha value is -5.54. The van der Waals surface area contributed by atoms with E-state index in [2.05, 4.69) is 157 Å². The number of hydrogen-bond acceptors (Lipinski definition) is 2. The zero-order chi connectivity index (χ0) is 29.2. The van der Waals surface area contributed by atoms with Crippen LogP contribution in [0.1, 0.15) is 24.2 Å².